The second-order valence-electron chi connectivity index (χ2n) is 6.56. The average molecular weight is 468 g/mol. The maximum Gasteiger partial charge on any atom is 0.248 e. The second kappa shape index (κ2) is 11.1. The first-order chi connectivity index (χ1) is 13.6. The Bertz CT molecular complexity index is 997. The molecule has 0 aliphatic rings. The van der Waals surface area contributed by atoms with Crippen LogP contribution in [-0.2, 0) is 32.7 Å². The number of nitrogens with zero attached hydrogens (tertiary/aromatic N) is 3. The Morgan fingerprint density at radius 2 is 1.97 bits per heavy atom. The van der Waals surface area contributed by atoms with Crippen molar-refractivity contribution in [2.24, 2.45) is 16.6 Å². The summed E-state index contributed by atoms with van der Waals surface area (Å²) in [6.07, 6.45) is 6.39. The predicted molar refractivity (Wildman–Crippen MR) is 111 cm³/mol. The first-order valence-electron chi connectivity index (χ1n) is 9.23. The third kappa shape index (κ3) is 5.68. The van der Waals surface area contributed by atoms with Crippen molar-refractivity contribution < 1.29 is 37.5 Å². The molecule has 0 atom stereocenters. The van der Waals surface area contributed by atoms with E-state index >= 15 is 0 Å². The molecular weight excluding hydrogens is 445 g/mol. The van der Waals surface area contributed by atoms with E-state index in [1.807, 2.05) is 12.1 Å². The van der Waals surface area contributed by atoms with E-state index in [-0.39, 0.29) is 32.7 Å². The molecule has 3 aromatic rings. The van der Waals surface area contributed by atoms with Crippen LogP contribution < -0.4 is 16.8 Å². The Balaban J connectivity index is 0.00000300. The molecule has 8 nitrogen and oxygen atoms in total. The van der Waals surface area contributed by atoms with Crippen LogP contribution in [-0.4, -0.2) is 29.0 Å². The largest absolute Gasteiger partial charge is 0.372 e. The number of pyridine rings is 2. The number of primary amides is 1. The van der Waals surface area contributed by atoms with Gasteiger partial charge in [0.15, 0.2) is 0 Å². The van der Waals surface area contributed by atoms with Gasteiger partial charge in [0.05, 0.1) is 5.52 Å². The molecule has 0 fully saturated rings. The number of aromatic nitrogens is 2. The Kier molecular flexibility index (Phi) is 8.88. The van der Waals surface area contributed by atoms with Gasteiger partial charge in [0, 0.05) is 66.8 Å². The first kappa shape index (κ1) is 23.1. The number of carbonyl (C=O) groups excluding carboxylic acids is 1. The van der Waals surface area contributed by atoms with Crippen LogP contribution in [0.1, 0.15) is 36.0 Å². The standard InChI is InChI=1S/C20H23N6O2.Y/c21-8-2-1-3-14(26-28)6-10-24-20-16-7-9-23-12-17(16)15-5-4-13(19(22)27)11-18(15)25-20;/h4-5,7,9,11-12H,1-3,6,8,10,21H2,(H2,22,27)(H,24,25);/q-1;. The van der Waals surface area contributed by atoms with Gasteiger partial charge in [-0.25, -0.2) is 16.2 Å². The molecule has 5 N–H and O–H groups in total. The van der Waals surface area contributed by atoms with Gasteiger partial charge in [-0.1, -0.05) is 12.5 Å². The van der Waals surface area contributed by atoms with Gasteiger partial charge in [-0.3, -0.25) is 9.78 Å². The van der Waals surface area contributed by atoms with E-state index in [4.69, 9.17) is 11.5 Å². The van der Waals surface area contributed by atoms with E-state index in [0.29, 0.717) is 48.9 Å². The molecule has 2 aromatic heterocycles. The van der Waals surface area contributed by atoms with Gasteiger partial charge in [-0.2, -0.15) is 4.91 Å². The molecule has 0 aliphatic heterocycles. The van der Waals surface area contributed by atoms with E-state index in [1.165, 1.54) is 0 Å². The number of hydrogen-bond donors (Lipinski definition) is 3. The van der Waals surface area contributed by atoms with Gasteiger partial charge in [-0.15, -0.1) is 12.8 Å². The number of unbranched alkanes of at least 4 members (excludes halogenated alkanes) is 1. The molecule has 0 spiro atoms. The smallest absolute Gasteiger partial charge is 0.248 e. The van der Waals surface area contributed by atoms with Crippen LogP contribution in [0.3, 0.4) is 0 Å². The Hall–Kier alpha value is -2.16. The molecule has 1 aromatic carbocycles. The Morgan fingerprint density at radius 1 is 1.14 bits per heavy atom. The van der Waals surface area contributed by atoms with Crippen molar-refractivity contribution in [3.63, 3.8) is 0 Å². The van der Waals surface area contributed by atoms with Gasteiger partial charge in [0.2, 0.25) is 5.91 Å². The summed E-state index contributed by atoms with van der Waals surface area (Å²) in [7, 11) is 0. The molecule has 9 heteroatoms. The maximum absolute atomic E-state index is 11.5. The number of anilines is 1. The number of carbonyl (C=O) groups is 1. The van der Waals surface area contributed by atoms with Crippen molar-refractivity contribution in [1.82, 2.24) is 9.97 Å². The van der Waals surface area contributed by atoms with Crippen molar-refractivity contribution in [2.45, 2.75) is 25.7 Å². The molecule has 1 amide bonds. The third-order valence-electron chi connectivity index (χ3n) is 4.64. The predicted octanol–water partition coefficient (Wildman–Crippen LogP) is 3.11. The van der Waals surface area contributed by atoms with Crippen LogP contribution in [0.2, 0.25) is 0 Å². The number of rotatable bonds is 10. The molecule has 0 saturated heterocycles. The zero-order valence-electron chi connectivity index (χ0n) is 16.1. The van der Waals surface area contributed by atoms with Crippen LogP contribution in [0, 0.1) is 10.9 Å². The van der Waals surface area contributed by atoms with Gasteiger partial charge in [-0.05, 0) is 37.7 Å². The molecule has 29 heavy (non-hydrogen) atoms. The molecule has 0 aliphatic carbocycles. The summed E-state index contributed by atoms with van der Waals surface area (Å²) in [5.74, 6) is 0.164. The summed E-state index contributed by atoms with van der Waals surface area (Å²) in [4.78, 5) is 31.4. The fourth-order valence-electron chi connectivity index (χ4n) is 3.15. The minimum absolute atomic E-state index is 0. The monoisotopic (exact) mass is 468 g/mol. The van der Waals surface area contributed by atoms with Crippen LogP contribution in [0.25, 0.3) is 21.7 Å². The van der Waals surface area contributed by atoms with E-state index in [1.54, 1.807) is 24.5 Å². The number of nitrogens with one attached hydrogen (secondary N) is 1. The molecule has 0 bridgehead atoms. The maximum atomic E-state index is 11.5. The number of nitrogens with two attached hydrogens (primary N) is 2. The fourth-order valence-corrected chi connectivity index (χ4v) is 3.15. The van der Waals surface area contributed by atoms with Crippen LogP contribution in [0.15, 0.2) is 41.8 Å². The van der Waals surface area contributed by atoms with E-state index in [9.17, 15) is 9.70 Å². The summed E-state index contributed by atoms with van der Waals surface area (Å²) in [6.45, 7) is 1.13. The number of amides is 1. The van der Waals surface area contributed by atoms with Gasteiger partial charge < -0.3 is 16.8 Å². The second-order valence-corrected chi connectivity index (χ2v) is 6.56. The van der Waals surface area contributed by atoms with Crippen molar-refractivity contribution in [1.29, 1.82) is 0 Å². The number of fused-ring (bicyclic) bond motifs is 3. The van der Waals surface area contributed by atoms with E-state index in [0.717, 1.165) is 29.0 Å². The average Bonchev–Trinajstić information content (AvgIpc) is 2.72. The van der Waals surface area contributed by atoms with Gasteiger partial charge in [0.1, 0.15) is 5.82 Å². The minimum atomic E-state index is -0.502. The van der Waals surface area contributed by atoms with Crippen molar-refractivity contribution in [2.75, 3.05) is 18.4 Å². The summed E-state index contributed by atoms with van der Waals surface area (Å²) in [6, 6.07) is 7.69. The third-order valence-corrected chi connectivity index (χ3v) is 4.64. The summed E-state index contributed by atoms with van der Waals surface area (Å²) < 4.78 is 0. The van der Waals surface area contributed by atoms with Crippen LogP contribution in [0.5, 0.6) is 0 Å². The summed E-state index contributed by atoms with van der Waals surface area (Å²) >= 11 is 0. The summed E-state index contributed by atoms with van der Waals surface area (Å²) in [5, 5.41) is 9.15. The quantitative estimate of drug-likeness (QED) is 0.181. The van der Waals surface area contributed by atoms with Gasteiger partial charge in [0.25, 0.3) is 0 Å². The zero-order valence-corrected chi connectivity index (χ0v) is 18.9. The fraction of sp³-hybridized carbons (Fsp3) is 0.300. The molecule has 2 heterocycles. The van der Waals surface area contributed by atoms with Crippen LogP contribution >= 0.6 is 0 Å². The van der Waals surface area contributed by atoms with E-state index < -0.39 is 5.91 Å². The molecule has 3 rings (SSSR count). The number of nitroso groups, excluding NO2 is 1. The molecule has 1 radical (unpaired) electrons. The molecular formula is C20H23N6O2Y-. The molecule has 149 valence electrons. The first-order valence-corrected chi connectivity index (χ1v) is 9.23. The van der Waals surface area contributed by atoms with Crippen molar-refractivity contribution in [3.8, 4) is 0 Å². The topological polar surface area (TPSA) is 136 Å². The molecule has 0 unspecified atom stereocenters. The minimum Gasteiger partial charge on any atom is -0.372 e. The zero-order chi connectivity index (χ0) is 19.9. The number of hydrogen-bond acceptors (Lipinski definition) is 7. The van der Waals surface area contributed by atoms with Crippen LogP contribution in [0.4, 0.5) is 5.82 Å². The van der Waals surface area contributed by atoms with Gasteiger partial charge >= 0.3 is 0 Å². The Labute approximate surface area is 194 Å². The SMILES string of the molecule is NCCCC[C-](CCNc1nc2cc(C(N)=O)ccc2c2cnccc12)N=O.[Y]. The Morgan fingerprint density at radius 3 is 2.69 bits per heavy atom. The summed E-state index contributed by atoms with van der Waals surface area (Å²) in [5.41, 5.74) is 11.9. The van der Waals surface area contributed by atoms with E-state index in [2.05, 4.69) is 20.5 Å². The number of benzene rings is 1. The normalized spacial score (nSPS) is 10.5. The van der Waals surface area contributed by atoms with Crippen molar-refractivity contribution in [3.05, 3.63) is 53.2 Å². The molecule has 0 saturated carbocycles. The van der Waals surface area contributed by atoms with Crippen molar-refractivity contribution >= 4 is 33.4 Å².